The van der Waals surface area contributed by atoms with Gasteiger partial charge in [-0.3, -0.25) is 0 Å². The number of ether oxygens (including phenoxy) is 1. The van der Waals surface area contributed by atoms with Crippen LogP contribution in [0.2, 0.25) is 5.02 Å². The van der Waals surface area contributed by atoms with Gasteiger partial charge in [-0.2, -0.15) is 0 Å². The van der Waals surface area contributed by atoms with Gasteiger partial charge in [0.2, 0.25) is 0 Å². The number of halogens is 2. The average molecular weight is 263 g/mol. The van der Waals surface area contributed by atoms with E-state index in [1.165, 1.54) is 12.1 Å². The van der Waals surface area contributed by atoms with Crippen molar-refractivity contribution >= 4 is 17.6 Å². The number of esters is 1. The number of hydrogen-bond acceptors (Lipinski definition) is 4. The number of benzene rings is 1. The summed E-state index contributed by atoms with van der Waals surface area (Å²) in [7, 11) is 0. The summed E-state index contributed by atoms with van der Waals surface area (Å²) >= 11 is 5.69. The maximum atomic E-state index is 13.4. The first-order chi connectivity index (χ1) is 7.99. The molecule has 0 saturated heterocycles. The molecule has 0 heterocycles. The minimum atomic E-state index is -1.87. The summed E-state index contributed by atoms with van der Waals surface area (Å²) in [5.74, 6) is -1.83. The zero-order valence-corrected chi connectivity index (χ0v) is 9.82. The van der Waals surface area contributed by atoms with Crippen molar-refractivity contribution in [1.82, 2.24) is 0 Å². The third kappa shape index (κ3) is 3.15. The highest BCUT2D eigenvalue weighted by atomic mass is 35.5. The molecule has 0 fully saturated rings. The lowest BCUT2D eigenvalue weighted by Gasteiger charge is -2.18. The molecule has 17 heavy (non-hydrogen) atoms. The third-order valence-corrected chi connectivity index (χ3v) is 2.45. The second-order valence-electron chi connectivity index (χ2n) is 3.28. The predicted molar refractivity (Wildman–Crippen MR) is 59.0 cm³/mol. The second-order valence-corrected chi connectivity index (χ2v) is 3.68. The monoisotopic (exact) mass is 262 g/mol. The van der Waals surface area contributed by atoms with Gasteiger partial charge in [0.1, 0.15) is 11.9 Å². The summed E-state index contributed by atoms with van der Waals surface area (Å²) in [6, 6.07) is 3.77. The van der Waals surface area contributed by atoms with E-state index < -0.39 is 24.0 Å². The van der Waals surface area contributed by atoms with E-state index in [0.717, 1.165) is 6.07 Å². The molecule has 0 aromatic heterocycles. The van der Waals surface area contributed by atoms with Crippen LogP contribution >= 0.6 is 11.6 Å². The molecular weight excluding hydrogens is 251 g/mol. The Morgan fingerprint density at radius 2 is 2.18 bits per heavy atom. The van der Waals surface area contributed by atoms with Crippen molar-refractivity contribution in [2.45, 2.75) is 19.1 Å². The molecule has 0 bridgehead atoms. The molecule has 0 amide bonds. The molecule has 2 unspecified atom stereocenters. The van der Waals surface area contributed by atoms with E-state index in [9.17, 15) is 19.4 Å². The van der Waals surface area contributed by atoms with E-state index in [1.807, 2.05) is 0 Å². The summed E-state index contributed by atoms with van der Waals surface area (Å²) in [6.07, 6.45) is -3.63. The largest absolute Gasteiger partial charge is 0.464 e. The Kier molecular flexibility index (Phi) is 4.86. The lowest BCUT2D eigenvalue weighted by atomic mass is 10.0. The summed E-state index contributed by atoms with van der Waals surface area (Å²) in [4.78, 5) is 11.2. The van der Waals surface area contributed by atoms with Crippen LogP contribution in [-0.4, -0.2) is 28.9 Å². The topological polar surface area (TPSA) is 66.8 Å². The Hall–Kier alpha value is -1.17. The van der Waals surface area contributed by atoms with Crippen molar-refractivity contribution in [3.05, 3.63) is 34.6 Å². The van der Waals surface area contributed by atoms with E-state index in [2.05, 4.69) is 4.74 Å². The Morgan fingerprint density at radius 3 is 2.71 bits per heavy atom. The minimum Gasteiger partial charge on any atom is -0.464 e. The number of aliphatic hydroxyl groups is 2. The first-order valence-corrected chi connectivity index (χ1v) is 5.33. The van der Waals surface area contributed by atoms with Gasteiger partial charge in [-0.25, -0.2) is 9.18 Å². The fraction of sp³-hybridized carbons (Fsp3) is 0.364. The highest BCUT2D eigenvalue weighted by molar-refractivity contribution is 6.31. The molecule has 94 valence electrons. The molecule has 0 radical (unpaired) electrons. The van der Waals surface area contributed by atoms with Crippen LogP contribution in [0.25, 0.3) is 0 Å². The molecule has 1 aromatic rings. The smallest absolute Gasteiger partial charge is 0.338 e. The third-order valence-electron chi connectivity index (χ3n) is 2.12. The molecule has 0 aliphatic heterocycles. The Morgan fingerprint density at radius 1 is 1.53 bits per heavy atom. The van der Waals surface area contributed by atoms with Gasteiger partial charge in [-0.15, -0.1) is 0 Å². The van der Waals surface area contributed by atoms with Crippen LogP contribution in [0.4, 0.5) is 4.39 Å². The van der Waals surface area contributed by atoms with E-state index in [1.54, 1.807) is 6.92 Å². The van der Waals surface area contributed by atoms with Crippen LogP contribution in [0, 0.1) is 5.82 Å². The number of hydrogen-bond donors (Lipinski definition) is 2. The SMILES string of the molecule is CCOC(=O)C(O)C(O)c1c(F)cccc1Cl. The van der Waals surface area contributed by atoms with Crippen LogP contribution in [0.5, 0.6) is 0 Å². The normalized spacial score (nSPS) is 14.2. The van der Waals surface area contributed by atoms with Crippen molar-refractivity contribution in [1.29, 1.82) is 0 Å². The summed E-state index contributed by atoms with van der Waals surface area (Å²) in [6.45, 7) is 1.60. The van der Waals surface area contributed by atoms with Crippen molar-refractivity contribution in [3.8, 4) is 0 Å². The minimum absolute atomic E-state index is 0.0492. The van der Waals surface area contributed by atoms with Crippen LogP contribution in [0.3, 0.4) is 0 Å². The van der Waals surface area contributed by atoms with Gasteiger partial charge >= 0.3 is 5.97 Å². The zero-order chi connectivity index (χ0) is 13.0. The summed E-state index contributed by atoms with van der Waals surface area (Å²) in [5, 5.41) is 19.1. The average Bonchev–Trinajstić information content (AvgIpc) is 2.27. The molecule has 2 atom stereocenters. The van der Waals surface area contributed by atoms with Gasteiger partial charge in [0, 0.05) is 10.6 Å². The lowest BCUT2D eigenvalue weighted by Crippen LogP contribution is -2.30. The van der Waals surface area contributed by atoms with Gasteiger partial charge < -0.3 is 14.9 Å². The zero-order valence-electron chi connectivity index (χ0n) is 9.06. The molecule has 0 spiro atoms. The Labute approximate surface area is 103 Å². The Balaban J connectivity index is 2.96. The highest BCUT2D eigenvalue weighted by Crippen LogP contribution is 2.28. The van der Waals surface area contributed by atoms with E-state index in [-0.39, 0.29) is 17.2 Å². The Bertz CT molecular complexity index is 390. The van der Waals surface area contributed by atoms with Crippen LogP contribution in [0.15, 0.2) is 18.2 Å². The molecule has 1 aromatic carbocycles. The molecule has 0 aliphatic rings. The molecule has 1 rings (SSSR count). The maximum absolute atomic E-state index is 13.4. The first-order valence-electron chi connectivity index (χ1n) is 4.95. The molecule has 6 heteroatoms. The lowest BCUT2D eigenvalue weighted by molar-refractivity contribution is -0.159. The van der Waals surface area contributed by atoms with E-state index in [4.69, 9.17) is 11.6 Å². The molecule has 2 N–H and O–H groups in total. The number of rotatable bonds is 4. The molecule has 0 saturated carbocycles. The summed E-state index contributed by atoms with van der Waals surface area (Å²) < 4.78 is 17.9. The second kappa shape index (κ2) is 5.95. The van der Waals surface area contributed by atoms with Crippen LogP contribution in [-0.2, 0) is 9.53 Å². The highest BCUT2D eigenvalue weighted by Gasteiger charge is 2.30. The fourth-order valence-corrected chi connectivity index (χ4v) is 1.58. The predicted octanol–water partition coefficient (Wildman–Crippen LogP) is 1.44. The van der Waals surface area contributed by atoms with Crippen molar-refractivity contribution in [2.75, 3.05) is 6.61 Å². The van der Waals surface area contributed by atoms with Crippen molar-refractivity contribution in [2.24, 2.45) is 0 Å². The van der Waals surface area contributed by atoms with Crippen LogP contribution in [0.1, 0.15) is 18.6 Å². The summed E-state index contributed by atoms with van der Waals surface area (Å²) in [5.41, 5.74) is -0.324. The fourth-order valence-electron chi connectivity index (χ4n) is 1.31. The molecule has 0 aliphatic carbocycles. The quantitative estimate of drug-likeness (QED) is 0.806. The number of aliphatic hydroxyl groups excluding tert-OH is 2. The van der Waals surface area contributed by atoms with Gasteiger partial charge in [-0.05, 0) is 19.1 Å². The van der Waals surface area contributed by atoms with Gasteiger partial charge in [0.25, 0.3) is 0 Å². The van der Waals surface area contributed by atoms with E-state index >= 15 is 0 Å². The number of carbonyl (C=O) groups excluding carboxylic acids is 1. The first kappa shape index (κ1) is 13.9. The van der Waals surface area contributed by atoms with Gasteiger partial charge in [0.05, 0.1) is 6.61 Å². The number of carbonyl (C=O) groups is 1. The van der Waals surface area contributed by atoms with Gasteiger partial charge in [-0.1, -0.05) is 17.7 Å². The standard InChI is InChI=1S/C11H12ClFO4/c1-2-17-11(16)10(15)9(14)8-6(12)4-3-5-7(8)13/h3-5,9-10,14-15H,2H2,1H3. The van der Waals surface area contributed by atoms with Crippen LogP contribution < -0.4 is 0 Å². The van der Waals surface area contributed by atoms with E-state index in [0.29, 0.717) is 0 Å². The van der Waals surface area contributed by atoms with Crippen molar-refractivity contribution in [3.63, 3.8) is 0 Å². The maximum Gasteiger partial charge on any atom is 0.338 e. The van der Waals surface area contributed by atoms with Gasteiger partial charge in [0.15, 0.2) is 6.10 Å². The van der Waals surface area contributed by atoms with Crippen molar-refractivity contribution < 1.29 is 24.1 Å². The molecular formula is C11H12ClFO4. The molecule has 4 nitrogen and oxygen atoms in total.